The molecule has 0 spiro atoms. The van der Waals surface area contributed by atoms with E-state index in [2.05, 4.69) is 0 Å². The van der Waals surface area contributed by atoms with Crippen LogP contribution in [0, 0.1) is 11.6 Å². The van der Waals surface area contributed by atoms with Crippen LogP contribution in [0.1, 0.15) is 5.76 Å². The number of aromatic nitrogens is 1. The minimum atomic E-state index is -0.670. The van der Waals surface area contributed by atoms with Crippen LogP contribution >= 0.6 is 11.9 Å². The van der Waals surface area contributed by atoms with Gasteiger partial charge < -0.3 is 14.1 Å². The summed E-state index contributed by atoms with van der Waals surface area (Å²) >= 11 is 1.53. The van der Waals surface area contributed by atoms with Gasteiger partial charge in [0.15, 0.2) is 0 Å². The lowest BCUT2D eigenvalue weighted by molar-refractivity contribution is 0.130. The van der Waals surface area contributed by atoms with E-state index in [4.69, 9.17) is 4.42 Å². The second kappa shape index (κ2) is 7.95. The number of benzene rings is 2. The SMILES string of the molecule is CSN(Cc1ccco1)CC(O)Cn1c2ccc(F)cc2c2cc(F)ccc21. The second-order valence-corrected chi connectivity index (χ2v) is 7.55. The van der Waals surface area contributed by atoms with Crippen LogP contribution in [-0.4, -0.2) is 32.9 Å². The van der Waals surface area contributed by atoms with Gasteiger partial charge in [-0.15, -0.1) is 0 Å². The first kappa shape index (κ1) is 19.0. The van der Waals surface area contributed by atoms with Crippen LogP contribution in [0.5, 0.6) is 0 Å². The molecule has 4 rings (SSSR count). The number of hydrogen-bond acceptors (Lipinski definition) is 4. The number of fused-ring (bicyclic) bond motifs is 3. The molecule has 146 valence electrons. The third-order valence-corrected chi connectivity index (χ3v) is 5.56. The van der Waals surface area contributed by atoms with Gasteiger partial charge in [-0.1, -0.05) is 11.9 Å². The lowest BCUT2D eigenvalue weighted by Gasteiger charge is -2.22. The lowest BCUT2D eigenvalue weighted by atomic mass is 10.1. The Morgan fingerprint density at radius 3 is 2.25 bits per heavy atom. The fourth-order valence-corrected chi connectivity index (χ4v) is 4.11. The zero-order chi connectivity index (χ0) is 19.7. The van der Waals surface area contributed by atoms with Crippen molar-refractivity contribution in [3.63, 3.8) is 0 Å². The Labute approximate surface area is 165 Å². The number of rotatable bonds is 7. The molecule has 0 amide bonds. The molecule has 4 nitrogen and oxygen atoms in total. The average Bonchev–Trinajstić information content (AvgIpc) is 3.28. The van der Waals surface area contributed by atoms with Crippen LogP contribution in [-0.2, 0) is 13.1 Å². The lowest BCUT2D eigenvalue weighted by Crippen LogP contribution is -2.30. The molecule has 1 unspecified atom stereocenters. The zero-order valence-corrected chi connectivity index (χ0v) is 16.1. The Balaban J connectivity index is 1.62. The van der Waals surface area contributed by atoms with E-state index in [0.29, 0.717) is 30.4 Å². The summed E-state index contributed by atoms with van der Waals surface area (Å²) < 4.78 is 36.8. The van der Waals surface area contributed by atoms with E-state index in [1.807, 2.05) is 27.3 Å². The molecule has 1 atom stereocenters. The number of furan rings is 1. The van der Waals surface area contributed by atoms with Gasteiger partial charge in [0.1, 0.15) is 17.4 Å². The highest BCUT2D eigenvalue weighted by atomic mass is 32.2. The molecule has 0 saturated carbocycles. The van der Waals surface area contributed by atoms with Crippen LogP contribution in [0.15, 0.2) is 59.2 Å². The van der Waals surface area contributed by atoms with Crippen molar-refractivity contribution in [2.45, 2.75) is 19.2 Å². The first-order valence-corrected chi connectivity index (χ1v) is 10.1. The molecule has 4 aromatic rings. The molecule has 28 heavy (non-hydrogen) atoms. The predicted octanol–water partition coefficient (Wildman–Crippen LogP) is 4.81. The van der Waals surface area contributed by atoms with E-state index in [-0.39, 0.29) is 11.6 Å². The van der Waals surface area contributed by atoms with Crippen LogP contribution in [0.4, 0.5) is 8.78 Å². The van der Waals surface area contributed by atoms with Gasteiger partial charge in [-0.25, -0.2) is 13.1 Å². The smallest absolute Gasteiger partial charge is 0.123 e. The van der Waals surface area contributed by atoms with Gasteiger partial charge in [-0.05, 0) is 54.8 Å². The molecule has 0 fully saturated rings. The number of hydrogen-bond donors (Lipinski definition) is 1. The molecular weight excluding hydrogens is 382 g/mol. The summed E-state index contributed by atoms with van der Waals surface area (Å²) in [5, 5.41) is 12.0. The number of aliphatic hydroxyl groups excluding tert-OH is 1. The van der Waals surface area contributed by atoms with Gasteiger partial charge in [-0.3, -0.25) is 0 Å². The van der Waals surface area contributed by atoms with Gasteiger partial charge in [-0.2, -0.15) is 0 Å². The summed E-state index contributed by atoms with van der Waals surface area (Å²) in [6.07, 6.45) is 2.90. The fraction of sp³-hybridized carbons (Fsp3) is 0.238. The summed E-state index contributed by atoms with van der Waals surface area (Å²) in [7, 11) is 0. The molecule has 0 aliphatic carbocycles. The topological polar surface area (TPSA) is 41.5 Å². The molecule has 2 aromatic carbocycles. The van der Waals surface area contributed by atoms with Crippen molar-refractivity contribution in [3.8, 4) is 0 Å². The van der Waals surface area contributed by atoms with Gasteiger partial charge >= 0.3 is 0 Å². The normalized spacial score (nSPS) is 13.0. The van der Waals surface area contributed by atoms with Crippen molar-refractivity contribution < 1.29 is 18.3 Å². The second-order valence-electron chi connectivity index (χ2n) is 6.67. The van der Waals surface area contributed by atoms with Crippen LogP contribution in [0.2, 0.25) is 0 Å². The van der Waals surface area contributed by atoms with Crippen molar-refractivity contribution in [1.29, 1.82) is 0 Å². The van der Waals surface area contributed by atoms with Crippen molar-refractivity contribution in [1.82, 2.24) is 8.87 Å². The monoisotopic (exact) mass is 402 g/mol. The number of nitrogens with zero attached hydrogens (tertiary/aromatic N) is 2. The minimum Gasteiger partial charge on any atom is -0.468 e. The first-order chi connectivity index (χ1) is 13.5. The third kappa shape index (κ3) is 3.78. The van der Waals surface area contributed by atoms with E-state index >= 15 is 0 Å². The van der Waals surface area contributed by atoms with Crippen molar-refractivity contribution in [2.24, 2.45) is 0 Å². The Kier molecular flexibility index (Phi) is 5.39. The largest absolute Gasteiger partial charge is 0.468 e. The summed E-state index contributed by atoms with van der Waals surface area (Å²) in [5.74, 6) is 0.0797. The fourth-order valence-electron chi connectivity index (χ4n) is 3.53. The van der Waals surface area contributed by atoms with Gasteiger partial charge in [0.2, 0.25) is 0 Å². The highest BCUT2D eigenvalue weighted by molar-refractivity contribution is 7.96. The maximum absolute atomic E-state index is 13.8. The molecule has 0 bridgehead atoms. The zero-order valence-electron chi connectivity index (χ0n) is 15.3. The van der Waals surface area contributed by atoms with Crippen LogP contribution in [0.25, 0.3) is 21.8 Å². The van der Waals surface area contributed by atoms with Crippen LogP contribution in [0.3, 0.4) is 0 Å². The minimum absolute atomic E-state index is 0.312. The van der Waals surface area contributed by atoms with Gasteiger partial charge in [0.25, 0.3) is 0 Å². The Morgan fingerprint density at radius 1 is 1.07 bits per heavy atom. The summed E-state index contributed by atoms with van der Waals surface area (Å²) in [6, 6.07) is 12.6. The summed E-state index contributed by atoms with van der Waals surface area (Å²) in [6.45, 7) is 1.31. The molecule has 0 aliphatic rings. The molecule has 7 heteroatoms. The Bertz CT molecular complexity index is 1040. The van der Waals surface area contributed by atoms with Crippen molar-refractivity contribution in [2.75, 3.05) is 12.8 Å². The molecule has 0 radical (unpaired) electrons. The molecule has 2 heterocycles. The quantitative estimate of drug-likeness (QED) is 0.451. The number of aliphatic hydroxyl groups is 1. The van der Waals surface area contributed by atoms with E-state index in [0.717, 1.165) is 16.8 Å². The van der Waals surface area contributed by atoms with Gasteiger partial charge in [0, 0.05) is 28.4 Å². The highest BCUT2D eigenvalue weighted by Crippen LogP contribution is 2.30. The molecule has 2 aromatic heterocycles. The Hall–Kier alpha value is -2.35. The molecule has 0 aliphatic heterocycles. The molecule has 1 N–H and O–H groups in total. The van der Waals surface area contributed by atoms with E-state index in [1.54, 1.807) is 18.4 Å². The average molecular weight is 402 g/mol. The maximum Gasteiger partial charge on any atom is 0.123 e. The van der Waals surface area contributed by atoms with Crippen molar-refractivity contribution >= 4 is 33.8 Å². The first-order valence-electron chi connectivity index (χ1n) is 8.91. The standard InChI is InChI=1S/C21H20F2N2O2S/c1-28-24(13-17-3-2-8-27-17)11-16(26)12-25-20-6-4-14(22)9-18(20)19-10-15(23)5-7-21(19)25/h2-10,16,26H,11-13H2,1H3. The molecule has 0 saturated heterocycles. The summed E-state index contributed by atoms with van der Waals surface area (Å²) in [5.41, 5.74) is 1.53. The van der Waals surface area contributed by atoms with E-state index < -0.39 is 6.10 Å². The third-order valence-electron chi connectivity index (χ3n) is 4.77. The predicted molar refractivity (Wildman–Crippen MR) is 108 cm³/mol. The van der Waals surface area contributed by atoms with Crippen molar-refractivity contribution in [3.05, 3.63) is 72.2 Å². The van der Waals surface area contributed by atoms with E-state index in [9.17, 15) is 13.9 Å². The highest BCUT2D eigenvalue weighted by Gasteiger charge is 2.18. The van der Waals surface area contributed by atoms with Gasteiger partial charge in [0.05, 0.1) is 25.5 Å². The molecular formula is C21H20F2N2O2S. The van der Waals surface area contributed by atoms with E-state index in [1.165, 1.54) is 36.2 Å². The van der Waals surface area contributed by atoms with Crippen LogP contribution < -0.4 is 0 Å². The maximum atomic E-state index is 13.8. The summed E-state index contributed by atoms with van der Waals surface area (Å²) in [4.78, 5) is 0. The number of halogens is 2. The Morgan fingerprint density at radius 2 is 1.71 bits per heavy atom.